The van der Waals surface area contributed by atoms with Crippen molar-refractivity contribution in [2.45, 2.75) is 0 Å². The fraction of sp³-hybridized carbons (Fsp3) is 0.0909. The Bertz CT molecular complexity index is 414. The maximum atomic E-state index is 10.9. The summed E-state index contributed by atoms with van der Waals surface area (Å²) in [7, 11) is 0. The molecule has 3 nitrogen and oxygen atoms in total. The summed E-state index contributed by atoms with van der Waals surface area (Å²) in [6, 6.07) is 6.80. The van der Waals surface area contributed by atoms with Gasteiger partial charge in [-0.2, -0.15) is 0 Å². The number of aldehydes is 1. The van der Waals surface area contributed by atoms with E-state index in [0.29, 0.717) is 17.5 Å². The summed E-state index contributed by atoms with van der Waals surface area (Å²) in [5.74, 6) is 4.59. The van der Waals surface area contributed by atoms with Gasteiger partial charge in [0.2, 0.25) is 5.91 Å². The first-order valence-corrected chi connectivity index (χ1v) is 4.71. The number of hydrogen-bond acceptors (Lipinski definition) is 2. The van der Waals surface area contributed by atoms with Gasteiger partial charge in [0, 0.05) is 11.3 Å². The standard InChI is InChI=1S/C11H8ClNO2/c12-8-11(15)13-10-5-3-9(4-6-10)2-1-7-14/h3-7H,8H2,(H,13,15). The Morgan fingerprint density at radius 3 is 2.60 bits per heavy atom. The molecule has 0 saturated carbocycles. The Kier molecular flexibility index (Phi) is 4.39. The van der Waals surface area contributed by atoms with Gasteiger partial charge in [0.15, 0.2) is 6.29 Å². The molecule has 1 aromatic rings. The van der Waals surface area contributed by atoms with Crippen molar-refractivity contribution in [3.05, 3.63) is 29.8 Å². The molecule has 0 unspecified atom stereocenters. The van der Waals surface area contributed by atoms with Crippen LogP contribution in [0.2, 0.25) is 0 Å². The van der Waals surface area contributed by atoms with Gasteiger partial charge in [0.05, 0.1) is 0 Å². The molecule has 4 heteroatoms. The second-order valence-corrected chi connectivity index (χ2v) is 2.91. The van der Waals surface area contributed by atoms with Gasteiger partial charge in [-0.3, -0.25) is 9.59 Å². The number of halogens is 1. The van der Waals surface area contributed by atoms with Gasteiger partial charge in [-0.15, -0.1) is 11.6 Å². The van der Waals surface area contributed by atoms with Gasteiger partial charge in [0.1, 0.15) is 5.88 Å². The summed E-state index contributed by atoms with van der Waals surface area (Å²) in [6.45, 7) is 0. The minimum Gasteiger partial charge on any atom is -0.325 e. The minimum absolute atomic E-state index is 0.0767. The molecular weight excluding hydrogens is 214 g/mol. The lowest BCUT2D eigenvalue weighted by Gasteiger charge is -2.01. The quantitative estimate of drug-likeness (QED) is 0.466. The SMILES string of the molecule is O=CC#Cc1ccc(NC(=O)CCl)cc1. The van der Waals surface area contributed by atoms with E-state index < -0.39 is 0 Å². The Balaban J connectivity index is 2.72. The molecular formula is C11H8ClNO2. The lowest BCUT2D eigenvalue weighted by Crippen LogP contribution is -2.12. The third-order valence-corrected chi connectivity index (χ3v) is 1.81. The number of rotatable bonds is 2. The van der Waals surface area contributed by atoms with Crippen molar-refractivity contribution in [1.82, 2.24) is 0 Å². The smallest absolute Gasteiger partial charge is 0.239 e. The van der Waals surface area contributed by atoms with Gasteiger partial charge in [0.25, 0.3) is 0 Å². The van der Waals surface area contributed by atoms with Gasteiger partial charge in [-0.25, -0.2) is 0 Å². The monoisotopic (exact) mass is 221 g/mol. The fourth-order valence-electron chi connectivity index (χ4n) is 0.944. The second kappa shape index (κ2) is 5.84. The largest absolute Gasteiger partial charge is 0.325 e. The summed E-state index contributed by atoms with van der Waals surface area (Å²) in [6.07, 6.45) is 0.531. The van der Waals surface area contributed by atoms with Crippen LogP contribution in [0.15, 0.2) is 24.3 Å². The molecule has 0 aromatic heterocycles. The van der Waals surface area contributed by atoms with E-state index in [9.17, 15) is 9.59 Å². The van der Waals surface area contributed by atoms with E-state index in [2.05, 4.69) is 17.2 Å². The maximum absolute atomic E-state index is 10.9. The molecule has 0 aliphatic rings. The van der Waals surface area contributed by atoms with E-state index in [4.69, 9.17) is 11.6 Å². The fourth-order valence-corrected chi connectivity index (χ4v) is 1.01. The third-order valence-electron chi connectivity index (χ3n) is 1.57. The van der Waals surface area contributed by atoms with Crippen LogP contribution in [0.4, 0.5) is 5.69 Å². The summed E-state index contributed by atoms with van der Waals surface area (Å²) >= 11 is 5.33. The molecule has 0 fully saturated rings. The molecule has 0 saturated heterocycles. The number of carbonyl (C=O) groups is 2. The predicted octanol–water partition coefficient (Wildman–Crippen LogP) is 1.41. The number of hydrogen-bond donors (Lipinski definition) is 1. The molecule has 0 atom stereocenters. The molecule has 0 spiro atoms. The molecule has 0 radical (unpaired) electrons. The topological polar surface area (TPSA) is 46.2 Å². The maximum Gasteiger partial charge on any atom is 0.239 e. The van der Waals surface area contributed by atoms with E-state index in [0.717, 1.165) is 0 Å². The molecule has 15 heavy (non-hydrogen) atoms. The van der Waals surface area contributed by atoms with E-state index >= 15 is 0 Å². The molecule has 1 amide bonds. The van der Waals surface area contributed by atoms with Gasteiger partial charge < -0.3 is 5.32 Å². The summed E-state index contributed by atoms with van der Waals surface area (Å²) in [4.78, 5) is 20.9. The normalized spacial score (nSPS) is 8.60. The number of benzene rings is 1. The van der Waals surface area contributed by atoms with Crippen molar-refractivity contribution in [2.24, 2.45) is 0 Å². The van der Waals surface area contributed by atoms with Gasteiger partial charge in [-0.05, 0) is 30.2 Å². The zero-order valence-electron chi connectivity index (χ0n) is 7.79. The summed E-state index contributed by atoms with van der Waals surface area (Å²) in [5, 5.41) is 2.59. The molecule has 0 heterocycles. The average molecular weight is 222 g/mol. The number of alkyl halides is 1. The van der Waals surface area contributed by atoms with E-state index in [1.807, 2.05) is 0 Å². The minimum atomic E-state index is -0.261. The average Bonchev–Trinajstić information content (AvgIpc) is 2.28. The van der Waals surface area contributed by atoms with Crippen LogP contribution in [0.5, 0.6) is 0 Å². The number of carbonyl (C=O) groups excluding carboxylic acids is 2. The van der Waals surface area contributed by atoms with Crippen LogP contribution in [0, 0.1) is 11.8 Å². The molecule has 0 aliphatic heterocycles. The molecule has 0 aliphatic carbocycles. The van der Waals surface area contributed by atoms with Crippen molar-refractivity contribution in [2.75, 3.05) is 11.2 Å². The van der Waals surface area contributed by atoms with Crippen molar-refractivity contribution in [3.8, 4) is 11.8 Å². The predicted molar refractivity (Wildman–Crippen MR) is 58.7 cm³/mol. The summed E-state index contributed by atoms with van der Waals surface area (Å²) in [5.41, 5.74) is 1.36. The third kappa shape index (κ3) is 3.84. The molecule has 76 valence electrons. The first-order chi connectivity index (χ1) is 7.26. The Hall–Kier alpha value is -1.79. The lowest BCUT2D eigenvalue weighted by molar-refractivity contribution is -0.114. The Morgan fingerprint density at radius 1 is 1.40 bits per heavy atom. The summed E-state index contributed by atoms with van der Waals surface area (Å²) < 4.78 is 0. The van der Waals surface area contributed by atoms with Crippen LogP contribution < -0.4 is 5.32 Å². The van der Waals surface area contributed by atoms with Crippen LogP contribution in [-0.2, 0) is 9.59 Å². The molecule has 1 N–H and O–H groups in total. The van der Waals surface area contributed by atoms with Gasteiger partial charge >= 0.3 is 0 Å². The van der Waals surface area contributed by atoms with Crippen LogP contribution in [0.3, 0.4) is 0 Å². The van der Waals surface area contributed by atoms with Crippen molar-refractivity contribution in [1.29, 1.82) is 0 Å². The van der Waals surface area contributed by atoms with Crippen molar-refractivity contribution in [3.63, 3.8) is 0 Å². The Morgan fingerprint density at radius 2 is 2.07 bits per heavy atom. The number of nitrogens with one attached hydrogen (secondary N) is 1. The number of amides is 1. The van der Waals surface area contributed by atoms with Crippen LogP contribution in [0.1, 0.15) is 5.56 Å². The first kappa shape index (κ1) is 11.3. The van der Waals surface area contributed by atoms with E-state index in [1.165, 1.54) is 0 Å². The highest BCUT2D eigenvalue weighted by Gasteiger charge is 1.98. The zero-order chi connectivity index (χ0) is 11.1. The van der Waals surface area contributed by atoms with Crippen LogP contribution >= 0.6 is 11.6 Å². The number of anilines is 1. The highest BCUT2D eigenvalue weighted by molar-refractivity contribution is 6.29. The molecule has 1 aromatic carbocycles. The van der Waals surface area contributed by atoms with Crippen LogP contribution in [0.25, 0.3) is 0 Å². The highest BCUT2D eigenvalue weighted by Crippen LogP contribution is 2.08. The molecule has 0 bridgehead atoms. The van der Waals surface area contributed by atoms with E-state index in [-0.39, 0.29) is 11.8 Å². The van der Waals surface area contributed by atoms with Crippen LogP contribution in [-0.4, -0.2) is 18.1 Å². The van der Waals surface area contributed by atoms with Crippen molar-refractivity contribution < 1.29 is 9.59 Å². The molecule has 1 rings (SSSR count). The second-order valence-electron chi connectivity index (χ2n) is 2.65. The van der Waals surface area contributed by atoms with Gasteiger partial charge in [-0.1, -0.05) is 5.92 Å². The Labute approximate surface area is 92.4 Å². The lowest BCUT2D eigenvalue weighted by atomic mass is 10.2. The first-order valence-electron chi connectivity index (χ1n) is 4.17. The van der Waals surface area contributed by atoms with Crippen molar-refractivity contribution >= 4 is 29.5 Å². The highest BCUT2D eigenvalue weighted by atomic mass is 35.5. The van der Waals surface area contributed by atoms with E-state index in [1.54, 1.807) is 24.3 Å². The zero-order valence-corrected chi connectivity index (χ0v) is 8.54.